The SMILES string of the molecule is Cn1c2c(c(=O)[nH]c1=S)C(c1ccc(C(F)(F)F)cc1)CC(=O)N2. The molecule has 5 nitrogen and oxygen atoms in total. The molecule has 24 heavy (non-hydrogen) atoms. The molecule has 0 saturated heterocycles. The lowest BCUT2D eigenvalue weighted by atomic mass is 9.86. The lowest BCUT2D eigenvalue weighted by Crippen LogP contribution is -2.33. The Balaban J connectivity index is 2.14. The van der Waals surface area contributed by atoms with Gasteiger partial charge in [0.05, 0.1) is 11.1 Å². The number of hydrogen-bond acceptors (Lipinski definition) is 3. The number of aromatic nitrogens is 2. The van der Waals surface area contributed by atoms with Crippen molar-refractivity contribution in [2.24, 2.45) is 7.05 Å². The van der Waals surface area contributed by atoms with E-state index in [2.05, 4.69) is 10.3 Å². The van der Waals surface area contributed by atoms with Gasteiger partial charge in [-0.25, -0.2) is 0 Å². The molecule has 2 heterocycles. The Morgan fingerprint density at radius 2 is 1.83 bits per heavy atom. The van der Waals surface area contributed by atoms with Crippen LogP contribution in [0.3, 0.4) is 0 Å². The molecule has 3 rings (SSSR count). The Morgan fingerprint density at radius 3 is 2.42 bits per heavy atom. The van der Waals surface area contributed by atoms with Crippen LogP contribution >= 0.6 is 12.2 Å². The van der Waals surface area contributed by atoms with E-state index in [9.17, 15) is 22.8 Å². The molecule has 1 aromatic heterocycles. The van der Waals surface area contributed by atoms with Crippen molar-refractivity contribution in [1.29, 1.82) is 0 Å². The number of H-pyrrole nitrogens is 1. The van der Waals surface area contributed by atoms with Crippen LogP contribution in [0.25, 0.3) is 0 Å². The second-order valence-electron chi connectivity index (χ2n) is 5.51. The maximum atomic E-state index is 12.7. The van der Waals surface area contributed by atoms with Crippen LogP contribution in [0, 0.1) is 4.77 Å². The van der Waals surface area contributed by atoms with Crippen molar-refractivity contribution in [3.05, 3.63) is 56.1 Å². The Morgan fingerprint density at radius 1 is 1.21 bits per heavy atom. The van der Waals surface area contributed by atoms with Crippen molar-refractivity contribution in [2.45, 2.75) is 18.5 Å². The largest absolute Gasteiger partial charge is 0.416 e. The lowest BCUT2D eigenvalue weighted by molar-refractivity contribution is -0.137. The van der Waals surface area contributed by atoms with Gasteiger partial charge in [0.15, 0.2) is 4.77 Å². The number of fused-ring (bicyclic) bond motifs is 1. The number of carbonyl (C=O) groups excluding carboxylic acids is 1. The van der Waals surface area contributed by atoms with Gasteiger partial charge in [-0.05, 0) is 29.9 Å². The first-order chi connectivity index (χ1) is 11.2. The number of hydrogen-bond donors (Lipinski definition) is 2. The minimum atomic E-state index is -4.44. The molecular formula is C15H12F3N3O2S. The number of benzene rings is 1. The zero-order valence-corrected chi connectivity index (χ0v) is 13.2. The van der Waals surface area contributed by atoms with Gasteiger partial charge in [0.25, 0.3) is 5.56 Å². The molecule has 1 atom stereocenters. The third-order valence-electron chi connectivity index (χ3n) is 4.00. The van der Waals surface area contributed by atoms with Crippen molar-refractivity contribution in [1.82, 2.24) is 9.55 Å². The van der Waals surface area contributed by atoms with E-state index in [1.807, 2.05) is 0 Å². The summed E-state index contributed by atoms with van der Waals surface area (Å²) >= 11 is 5.01. The smallest absolute Gasteiger partial charge is 0.312 e. The number of halogens is 3. The highest BCUT2D eigenvalue weighted by Gasteiger charge is 2.33. The quantitative estimate of drug-likeness (QED) is 0.773. The third-order valence-corrected chi connectivity index (χ3v) is 4.37. The van der Waals surface area contributed by atoms with E-state index in [0.29, 0.717) is 5.56 Å². The highest BCUT2D eigenvalue weighted by Crippen LogP contribution is 2.36. The fourth-order valence-electron chi connectivity index (χ4n) is 2.77. The number of alkyl halides is 3. The van der Waals surface area contributed by atoms with E-state index in [-0.39, 0.29) is 28.5 Å². The lowest BCUT2D eigenvalue weighted by Gasteiger charge is -2.26. The first kappa shape index (κ1) is 16.4. The minimum absolute atomic E-state index is 0.0295. The summed E-state index contributed by atoms with van der Waals surface area (Å²) in [4.78, 5) is 26.8. The molecular weight excluding hydrogens is 343 g/mol. The number of rotatable bonds is 1. The van der Waals surface area contributed by atoms with Gasteiger partial charge in [-0.3, -0.25) is 14.6 Å². The van der Waals surface area contributed by atoms with Crippen LogP contribution in [-0.4, -0.2) is 15.5 Å². The summed E-state index contributed by atoms with van der Waals surface area (Å²) in [5.74, 6) is -0.700. The first-order valence-corrected chi connectivity index (χ1v) is 7.39. The number of anilines is 1. The molecule has 1 aliphatic rings. The van der Waals surface area contributed by atoms with E-state index in [1.54, 1.807) is 7.05 Å². The third kappa shape index (κ3) is 2.75. The second kappa shape index (κ2) is 5.59. The van der Waals surface area contributed by atoms with Crippen molar-refractivity contribution in [3.63, 3.8) is 0 Å². The van der Waals surface area contributed by atoms with Crippen molar-refractivity contribution in [3.8, 4) is 0 Å². The minimum Gasteiger partial charge on any atom is -0.312 e. The molecule has 9 heteroatoms. The number of aromatic amines is 1. The summed E-state index contributed by atoms with van der Waals surface area (Å²) < 4.78 is 39.7. The number of nitrogens with one attached hydrogen (secondary N) is 2. The summed E-state index contributed by atoms with van der Waals surface area (Å²) in [6.07, 6.45) is -4.47. The zero-order chi connectivity index (χ0) is 17.6. The van der Waals surface area contributed by atoms with Crippen LogP contribution in [0.1, 0.15) is 29.0 Å². The molecule has 126 valence electrons. The molecule has 1 unspecified atom stereocenters. The fourth-order valence-corrected chi connectivity index (χ4v) is 2.96. The average molecular weight is 355 g/mol. The van der Waals surface area contributed by atoms with Gasteiger partial charge in [-0.15, -0.1) is 0 Å². The summed E-state index contributed by atoms with van der Waals surface area (Å²) in [6.45, 7) is 0. The highest BCUT2D eigenvalue weighted by atomic mass is 32.1. The molecule has 0 saturated carbocycles. The number of carbonyl (C=O) groups is 1. The van der Waals surface area contributed by atoms with Gasteiger partial charge in [0.2, 0.25) is 5.91 Å². The van der Waals surface area contributed by atoms with Gasteiger partial charge < -0.3 is 9.88 Å². The molecule has 1 aliphatic heterocycles. The van der Waals surface area contributed by atoms with E-state index < -0.39 is 23.2 Å². The van der Waals surface area contributed by atoms with E-state index in [1.165, 1.54) is 16.7 Å². The molecule has 0 aliphatic carbocycles. The Bertz CT molecular complexity index is 929. The van der Waals surface area contributed by atoms with Crippen LogP contribution in [0.4, 0.5) is 19.0 Å². The predicted molar refractivity (Wildman–Crippen MR) is 83.4 cm³/mol. The van der Waals surface area contributed by atoms with Gasteiger partial charge in [0.1, 0.15) is 5.82 Å². The molecule has 0 bridgehead atoms. The maximum absolute atomic E-state index is 12.7. The van der Waals surface area contributed by atoms with Crippen LogP contribution < -0.4 is 10.9 Å². The molecule has 0 spiro atoms. The Hall–Kier alpha value is -2.42. The Kier molecular flexibility index (Phi) is 3.83. The number of nitrogens with zero attached hydrogens (tertiary/aromatic N) is 1. The molecule has 2 aromatic rings. The molecule has 0 fully saturated rings. The first-order valence-electron chi connectivity index (χ1n) is 6.98. The van der Waals surface area contributed by atoms with E-state index in [4.69, 9.17) is 12.2 Å². The normalized spacial score (nSPS) is 17.3. The van der Waals surface area contributed by atoms with Gasteiger partial charge in [-0.1, -0.05) is 12.1 Å². The van der Waals surface area contributed by atoms with Crippen molar-refractivity contribution in [2.75, 3.05) is 5.32 Å². The molecule has 2 N–H and O–H groups in total. The van der Waals surface area contributed by atoms with Crippen LogP contribution in [0.5, 0.6) is 0 Å². The average Bonchev–Trinajstić information content (AvgIpc) is 2.51. The monoisotopic (exact) mass is 355 g/mol. The number of amides is 1. The van der Waals surface area contributed by atoms with Crippen molar-refractivity contribution < 1.29 is 18.0 Å². The highest BCUT2D eigenvalue weighted by molar-refractivity contribution is 7.71. The topological polar surface area (TPSA) is 66.9 Å². The van der Waals surface area contributed by atoms with Crippen LogP contribution in [-0.2, 0) is 18.0 Å². The zero-order valence-electron chi connectivity index (χ0n) is 12.4. The van der Waals surface area contributed by atoms with Crippen LogP contribution in [0.15, 0.2) is 29.1 Å². The van der Waals surface area contributed by atoms with Crippen molar-refractivity contribution >= 4 is 23.9 Å². The Labute approximate surface area is 139 Å². The van der Waals surface area contributed by atoms with Gasteiger partial charge >= 0.3 is 6.18 Å². The molecule has 1 amide bonds. The summed E-state index contributed by atoms with van der Waals surface area (Å²) in [6, 6.07) is 4.46. The molecule has 0 radical (unpaired) electrons. The standard InChI is InChI=1S/C15H12F3N3O2S/c1-21-12-11(13(23)20-14(21)24)9(6-10(22)19-12)7-2-4-8(5-3-7)15(16,17)18/h2-5,9H,6H2,1H3,(H,19,22)(H,20,23,24). The van der Waals surface area contributed by atoms with E-state index in [0.717, 1.165) is 12.1 Å². The van der Waals surface area contributed by atoms with Gasteiger partial charge in [-0.2, -0.15) is 13.2 Å². The van der Waals surface area contributed by atoms with Gasteiger partial charge in [0, 0.05) is 19.4 Å². The summed E-state index contributed by atoms with van der Waals surface area (Å²) in [5, 5.41) is 2.60. The fraction of sp³-hybridized carbons (Fsp3) is 0.267. The summed E-state index contributed by atoms with van der Waals surface area (Å²) in [7, 11) is 1.59. The predicted octanol–water partition coefficient (Wildman–Crippen LogP) is 2.94. The molecule has 1 aromatic carbocycles. The van der Waals surface area contributed by atoms with E-state index >= 15 is 0 Å². The maximum Gasteiger partial charge on any atom is 0.416 e. The second-order valence-corrected chi connectivity index (χ2v) is 5.89. The summed E-state index contributed by atoms with van der Waals surface area (Å²) in [5.41, 5.74) is -0.503. The van der Waals surface area contributed by atoms with Crippen LogP contribution in [0.2, 0.25) is 0 Å².